The van der Waals surface area contributed by atoms with Crippen molar-refractivity contribution in [2.75, 3.05) is 0 Å². The lowest BCUT2D eigenvalue weighted by Crippen LogP contribution is -2.28. The van der Waals surface area contributed by atoms with Crippen LogP contribution in [0.3, 0.4) is 0 Å². The third-order valence-electron chi connectivity index (χ3n) is 1.60. The van der Waals surface area contributed by atoms with Crippen molar-refractivity contribution in [1.82, 2.24) is 0 Å². The minimum absolute atomic E-state index is 0.386. The van der Waals surface area contributed by atoms with E-state index in [0.29, 0.717) is 5.75 Å². The molecule has 1 rings (SSSR count). The molecule has 1 aromatic rings. The molecule has 0 fully saturated rings. The van der Waals surface area contributed by atoms with Gasteiger partial charge in [-0.1, -0.05) is 12.1 Å². The van der Waals surface area contributed by atoms with Crippen LogP contribution < -0.4 is 4.18 Å². The van der Waals surface area contributed by atoms with Crippen LogP contribution in [0.5, 0.6) is 5.75 Å². The molecule has 0 aliphatic heterocycles. The lowest BCUT2D eigenvalue weighted by atomic mass is 10.2. The maximum absolute atomic E-state index is 11.9. The van der Waals surface area contributed by atoms with Gasteiger partial charge >= 0.3 is 15.6 Å². The van der Waals surface area contributed by atoms with Crippen LogP contribution in [-0.2, 0) is 15.9 Å². The van der Waals surface area contributed by atoms with Crippen LogP contribution in [0.4, 0.5) is 13.2 Å². The van der Waals surface area contributed by atoms with Gasteiger partial charge in [-0.2, -0.15) is 34.2 Å². The molecule has 0 aromatic heterocycles. The Hall–Kier alpha value is -0.890. The zero-order chi connectivity index (χ0) is 12.4. The van der Waals surface area contributed by atoms with Gasteiger partial charge in [-0.3, -0.25) is 0 Å². The van der Waals surface area contributed by atoms with Crippen molar-refractivity contribution in [3.8, 4) is 5.75 Å². The first-order valence-corrected chi connectivity index (χ1v) is 6.01. The molecule has 0 heterocycles. The molecule has 0 unspecified atom stereocenters. The van der Waals surface area contributed by atoms with Gasteiger partial charge in [0.15, 0.2) is 0 Å². The number of hydrogen-bond acceptors (Lipinski definition) is 4. The fourth-order valence-electron chi connectivity index (χ4n) is 0.824. The molecule has 0 saturated heterocycles. The molecule has 16 heavy (non-hydrogen) atoms. The minimum Gasteiger partial charge on any atom is -0.376 e. The van der Waals surface area contributed by atoms with E-state index >= 15 is 0 Å². The molecule has 0 saturated carbocycles. The van der Waals surface area contributed by atoms with Crippen molar-refractivity contribution in [3.63, 3.8) is 0 Å². The zero-order valence-electron chi connectivity index (χ0n) is 7.73. The summed E-state index contributed by atoms with van der Waals surface area (Å²) in [5, 5.41) is 0. The Morgan fingerprint density at radius 2 is 1.69 bits per heavy atom. The second kappa shape index (κ2) is 4.54. The van der Waals surface area contributed by atoms with Crippen molar-refractivity contribution in [3.05, 3.63) is 29.8 Å². The normalized spacial score (nSPS) is 12.5. The largest absolute Gasteiger partial charge is 0.534 e. The summed E-state index contributed by atoms with van der Waals surface area (Å²) in [6.07, 6.45) is 0. The Labute approximate surface area is 95.8 Å². The van der Waals surface area contributed by atoms with E-state index in [-0.39, 0.29) is 5.75 Å². The SMILES string of the molecule is O=S(=O)(Oc1ccc(CS)cc1)C(F)(F)F. The van der Waals surface area contributed by atoms with Gasteiger partial charge in [-0.25, -0.2) is 0 Å². The van der Waals surface area contributed by atoms with Crippen LogP contribution in [0.25, 0.3) is 0 Å². The van der Waals surface area contributed by atoms with Gasteiger partial charge < -0.3 is 4.18 Å². The summed E-state index contributed by atoms with van der Waals surface area (Å²) in [6.45, 7) is 0. The van der Waals surface area contributed by atoms with Gasteiger partial charge in [0.25, 0.3) is 0 Å². The Balaban J connectivity index is 2.89. The Morgan fingerprint density at radius 1 is 1.19 bits per heavy atom. The summed E-state index contributed by atoms with van der Waals surface area (Å²) in [5.74, 6) is 0.00890. The summed E-state index contributed by atoms with van der Waals surface area (Å²) >= 11 is 3.94. The number of thiol groups is 1. The molecule has 0 bridgehead atoms. The van der Waals surface area contributed by atoms with Crippen molar-refractivity contribution in [2.45, 2.75) is 11.3 Å². The van der Waals surface area contributed by atoms with E-state index in [4.69, 9.17) is 0 Å². The lowest BCUT2D eigenvalue weighted by Gasteiger charge is -2.09. The highest BCUT2D eigenvalue weighted by atomic mass is 32.2. The van der Waals surface area contributed by atoms with Gasteiger partial charge in [0, 0.05) is 5.75 Å². The van der Waals surface area contributed by atoms with E-state index < -0.39 is 15.6 Å². The molecule has 0 aliphatic carbocycles. The quantitative estimate of drug-likeness (QED) is 0.522. The highest BCUT2D eigenvalue weighted by Crippen LogP contribution is 2.26. The molecule has 3 nitrogen and oxygen atoms in total. The predicted molar refractivity (Wildman–Crippen MR) is 54.7 cm³/mol. The van der Waals surface area contributed by atoms with E-state index in [1.165, 1.54) is 12.1 Å². The smallest absolute Gasteiger partial charge is 0.376 e. The van der Waals surface area contributed by atoms with Gasteiger partial charge in [-0.05, 0) is 17.7 Å². The molecule has 90 valence electrons. The second-order valence-corrected chi connectivity index (χ2v) is 4.64. The van der Waals surface area contributed by atoms with Gasteiger partial charge in [-0.15, -0.1) is 0 Å². The van der Waals surface area contributed by atoms with Crippen LogP contribution in [0.2, 0.25) is 0 Å². The van der Waals surface area contributed by atoms with Gasteiger partial charge in [0.1, 0.15) is 5.75 Å². The summed E-state index contributed by atoms with van der Waals surface area (Å²) < 4.78 is 60.9. The summed E-state index contributed by atoms with van der Waals surface area (Å²) in [5.41, 5.74) is -4.69. The molecule has 1 aromatic carbocycles. The van der Waals surface area contributed by atoms with E-state index in [2.05, 4.69) is 16.8 Å². The lowest BCUT2D eigenvalue weighted by molar-refractivity contribution is -0.0500. The first kappa shape index (κ1) is 13.2. The molecule has 0 atom stereocenters. The maximum Gasteiger partial charge on any atom is 0.534 e. The first-order chi connectivity index (χ1) is 7.26. The molecule has 0 aliphatic rings. The van der Waals surface area contributed by atoms with Crippen LogP contribution in [-0.4, -0.2) is 13.9 Å². The second-order valence-electron chi connectivity index (χ2n) is 2.79. The Bertz CT molecular complexity index is 450. The third-order valence-corrected chi connectivity index (χ3v) is 2.94. The van der Waals surface area contributed by atoms with Crippen LogP contribution in [0.1, 0.15) is 5.56 Å². The molecule has 0 radical (unpaired) electrons. The van der Waals surface area contributed by atoms with E-state index in [1.807, 2.05) is 0 Å². The number of alkyl halides is 3. The number of hydrogen-bond donors (Lipinski definition) is 1. The maximum atomic E-state index is 11.9. The average Bonchev–Trinajstić information content (AvgIpc) is 2.16. The predicted octanol–water partition coefficient (Wildman–Crippen LogP) is 2.34. The molecule has 0 spiro atoms. The zero-order valence-corrected chi connectivity index (χ0v) is 9.44. The van der Waals surface area contributed by atoms with Crippen molar-refractivity contribution >= 4 is 22.7 Å². The highest BCUT2D eigenvalue weighted by molar-refractivity contribution is 7.88. The molecular weight excluding hydrogens is 265 g/mol. The van der Waals surface area contributed by atoms with Crippen LogP contribution in [0, 0.1) is 0 Å². The summed E-state index contributed by atoms with van der Waals surface area (Å²) in [7, 11) is -5.59. The van der Waals surface area contributed by atoms with E-state index in [1.54, 1.807) is 0 Å². The standard InChI is InChI=1S/C8H7F3O3S2/c9-8(10,11)16(12,13)14-7-3-1-6(5-15)2-4-7/h1-4,15H,5H2. The molecule has 8 heteroatoms. The highest BCUT2D eigenvalue weighted by Gasteiger charge is 2.48. The monoisotopic (exact) mass is 272 g/mol. The molecule has 0 amide bonds. The van der Waals surface area contributed by atoms with Crippen LogP contribution >= 0.6 is 12.6 Å². The molecular formula is C8H7F3O3S2. The summed E-state index contributed by atoms with van der Waals surface area (Å²) in [6, 6.07) is 5.12. The summed E-state index contributed by atoms with van der Waals surface area (Å²) in [4.78, 5) is 0. The van der Waals surface area contributed by atoms with Crippen molar-refractivity contribution < 1.29 is 25.8 Å². The van der Waals surface area contributed by atoms with Crippen LogP contribution in [0.15, 0.2) is 24.3 Å². The first-order valence-electron chi connectivity index (χ1n) is 3.97. The average molecular weight is 272 g/mol. The van der Waals surface area contributed by atoms with Gasteiger partial charge in [0.2, 0.25) is 0 Å². The number of halogens is 3. The van der Waals surface area contributed by atoms with Crippen molar-refractivity contribution in [1.29, 1.82) is 0 Å². The molecule has 0 N–H and O–H groups in total. The minimum atomic E-state index is -5.59. The Morgan fingerprint density at radius 3 is 2.06 bits per heavy atom. The van der Waals surface area contributed by atoms with E-state index in [0.717, 1.165) is 17.7 Å². The topological polar surface area (TPSA) is 43.4 Å². The Kier molecular flexibility index (Phi) is 3.74. The number of benzene rings is 1. The fourth-order valence-corrected chi connectivity index (χ4v) is 1.49. The van der Waals surface area contributed by atoms with E-state index in [9.17, 15) is 21.6 Å². The third kappa shape index (κ3) is 3.05. The fraction of sp³-hybridized carbons (Fsp3) is 0.250. The van der Waals surface area contributed by atoms with Crippen molar-refractivity contribution in [2.24, 2.45) is 0 Å². The number of rotatable bonds is 3. The van der Waals surface area contributed by atoms with Gasteiger partial charge in [0.05, 0.1) is 0 Å².